The van der Waals surface area contributed by atoms with Crippen LogP contribution >= 0.6 is 0 Å². The normalized spacial score (nSPS) is 18.6. The fourth-order valence-electron chi connectivity index (χ4n) is 5.14. The van der Waals surface area contributed by atoms with Gasteiger partial charge in [-0.1, -0.05) is 55.3 Å². The smallest absolute Gasteiger partial charge is 0.247 e. The van der Waals surface area contributed by atoms with Crippen molar-refractivity contribution in [1.82, 2.24) is 10.2 Å². The average molecular weight is 452 g/mol. The molecule has 7 nitrogen and oxygen atoms in total. The summed E-state index contributed by atoms with van der Waals surface area (Å²) in [5, 5.41) is 12.9. The summed E-state index contributed by atoms with van der Waals surface area (Å²) in [5.74, 6) is 0.415. The Labute approximate surface area is 195 Å². The van der Waals surface area contributed by atoms with E-state index in [1.54, 1.807) is 12.0 Å². The first-order valence-corrected chi connectivity index (χ1v) is 11.7. The van der Waals surface area contributed by atoms with Crippen molar-refractivity contribution in [3.63, 3.8) is 0 Å². The second kappa shape index (κ2) is 10.3. The molecule has 176 valence electrons. The molecule has 2 amide bonds. The highest BCUT2D eigenvalue weighted by molar-refractivity contribution is 5.93. The van der Waals surface area contributed by atoms with Gasteiger partial charge in [0.2, 0.25) is 11.8 Å². The van der Waals surface area contributed by atoms with Crippen LogP contribution in [0.1, 0.15) is 31.2 Å². The van der Waals surface area contributed by atoms with Crippen LogP contribution < -0.4 is 15.0 Å². The SMILES string of the molecule is COc1ccccc1N1CCN(C(=O)[C@H](CO)NC(=O)C2(c3ccccc3)CCCC2)CC1. The summed E-state index contributed by atoms with van der Waals surface area (Å²) in [6, 6.07) is 16.7. The number of aliphatic hydroxyl groups is 1. The van der Waals surface area contributed by atoms with E-state index >= 15 is 0 Å². The molecule has 2 aromatic rings. The maximum absolute atomic E-state index is 13.4. The zero-order valence-electron chi connectivity index (χ0n) is 19.2. The third-order valence-corrected chi connectivity index (χ3v) is 7.02. The number of carbonyl (C=O) groups excluding carboxylic acids is 2. The van der Waals surface area contributed by atoms with Crippen LogP contribution in [0.2, 0.25) is 0 Å². The monoisotopic (exact) mass is 451 g/mol. The predicted octanol–water partition coefficient (Wildman–Crippen LogP) is 2.33. The van der Waals surface area contributed by atoms with E-state index in [2.05, 4.69) is 10.2 Å². The van der Waals surface area contributed by atoms with Gasteiger partial charge in [0.25, 0.3) is 0 Å². The molecule has 0 spiro atoms. The van der Waals surface area contributed by atoms with Gasteiger partial charge in [-0.2, -0.15) is 0 Å². The molecule has 1 saturated heterocycles. The van der Waals surface area contributed by atoms with Gasteiger partial charge < -0.3 is 25.0 Å². The lowest BCUT2D eigenvalue weighted by Crippen LogP contribution is -2.58. The van der Waals surface area contributed by atoms with E-state index in [9.17, 15) is 14.7 Å². The standard InChI is InChI=1S/C26H33N3O4/c1-33-23-12-6-5-11-22(23)28-15-17-29(18-16-28)24(31)21(19-30)27-25(32)26(13-7-8-14-26)20-9-3-2-4-10-20/h2-6,9-12,21,30H,7-8,13-19H2,1H3,(H,27,32)/t21-/m0/s1. The molecule has 0 aromatic heterocycles. The van der Waals surface area contributed by atoms with Crippen LogP contribution in [0.5, 0.6) is 5.75 Å². The Bertz CT molecular complexity index is 951. The van der Waals surface area contributed by atoms with Gasteiger partial charge in [-0.15, -0.1) is 0 Å². The first-order chi connectivity index (χ1) is 16.1. The van der Waals surface area contributed by atoms with Crippen LogP contribution in [-0.4, -0.2) is 67.8 Å². The van der Waals surface area contributed by atoms with Crippen molar-refractivity contribution >= 4 is 17.5 Å². The van der Waals surface area contributed by atoms with Crippen LogP contribution in [0.4, 0.5) is 5.69 Å². The number of methoxy groups -OCH3 is 1. The van der Waals surface area contributed by atoms with Crippen molar-refractivity contribution in [3.8, 4) is 5.75 Å². The summed E-state index contributed by atoms with van der Waals surface area (Å²) < 4.78 is 5.46. The van der Waals surface area contributed by atoms with Gasteiger partial charge in [-0.05, 0) is 30.5 Å². The van der Waals surface area contributed by atoms with Crippen molar-refractivity contribution in [1.29, 1.82) is 0 Å². The van der Waals surface area contributed by atoms with Crippen LogP contribution in [0.15, 0.2) is 54.6 Å². The highest BCUT2D eigenvalue weighted by Crippen LogP contribution is 2.41. The van der Waals surface area contributed by atoms with Crippen LogP contribution in [-0.2, 0) is 15.0 Å². The number of anilines is 1. The number of nitrogens with zero attached hydrogens (tertiary/aromatic N) is 2. The highest BCUT2D eigenvalue weighted by Gasteiger charge is 2.44. The fourth-order valence-corrected chi connectivity index (χ4v) is 5.14. The number of para-hydroxylation sites is 2. The van der Waals surface area contributed by atoms with Gasteiger partial charge in [0.05, 0.1) is 24.8 Å². The Morgan fingerprint density at radius 3 is 2.27 bits per heavy atom. The molecule has 1 heterocycles. The summed E-state index contributed by atoms with van der Waals surface area (Å²) in [5.41, 5.74) is 1.36. The van der Waals surface area contributed by atoms with Gasteiger partial charge in [-0.3, -0.25) is 9.59 Å². The molecule has 2 aromatic carbocycles. The Kier molecular flexibility index (Phi) is 7.18. The van der Waals surface area contributed by atoms with Crippen LogP contribution in [0, 0.1) is 0 Å². The van der Waals surface area contributed by atoms with Crippen LogP contribution in [0.3, 0.4) is 0 Å². The number of hydrogen-bond acceptors (Lipinski definition) is 5. The lowest BCUT2D eigenvalue weighted by molar-refractivity contribution is -0.139. The number of nitrogens with one attached hydrogen (secondary N) is 1. The summed E-state index contributed by atoms with van der Waals surface area (Å²) in [4.78, 5) is 30.5. The highest BCUT2D eigenvalue weighted by atomic mass is 16.5. The third kappa shape index (κ3) is 4.69. The lowest BCUT2D eigenvalue weighted by Gasteiger charge is -2.38. The third-order valence-electron chi connectivity index (χ3n) is 7.02. The van der Waals surface area contributed by atoms with E-state index in [4.69, 9.17) is 4.74 Å². The Balaban J connectivity index is 1.41. The fraction of sp³-hybridized carbons (Fsp3) is 0.462. The predicted molar refractivity (Wildman–Crippen MR) is 127 cm³/mol. The number of hydrogen-bond donors (Lipinski definition) is 2. The molecular formula is C26H33N3O4. The molecule has 1 aliphatic heterocycles. The minimum absolute atomic E-state index is 0.161. The largest absolute Gasteiger partial charge is 0.495 e. The van der Waals surface area contributed by atoms with Gasteiger partial charge in [0, 0.05) is 26.2 Å². The quantitative estimate of drug-likeness (QED) is 0.675. The Morgan fingerprint density at radius 1 is 1.00 bits per heavy atom. The molecule has 2 N–H and O–H groups in total. The number of piperazine rings is 1. The average Bonchev–Trinajstić information content (AvgIpc) is 3.39. The number of ether oxygens (including phenoxy) is 1. The molecule has 4 rings (SSSR count). The lowest BCUT2D eigenvalue weighted by atomic mass is 9.78. The number of amides is 2. The van der Waals surface area contributed by atoms with Gasteiger partial charge >= 0.3 is 0 Å². The Hall–Kier alpha value is -3.06. The second-order valence-electron chi connectivity index (χ2n) is 8.85. The minimum atomic E-state index is -0.934. The van der Waals surface area contributed by atoms with Crippen molar-refractivity contribution < 1.29 is 19.4 Å². The van der Waals surface area contributed by atoms with E-state index in [1.165, 1.54) is 0 Å². The molecular weight excluding hydrogens is 418 g/mol. The summed E-state index contributed by atoms with van der Waals surface area (Å²) in [7, 11) is 1.65. The molecule has 33 heavy (non-hydrogen) atoms. The first kappa shape index (κ1) is 23.1. The van der Waals surface area contributed by atoms with Gasteiger partial charge in [0.1, 0.15) is 11.8 Å². The Morgan fingerprint density at radius 2 is 1.64 bits per heavy atom. The first-order valence-electron chi connectivity index (χ1n) is 11.7. The van der Waals surface area contributed by atoms with Gasteiger partial charge in [-0.25, -0.2) is 0 Å². The molecule has 1 aliphatic carbocycles. The number of carbonyl (C=O) groups is 2. The van der Waals surface area contributed by atoms with Crippen molar-refractivity contribution in [2.24, 2.45) is 0 Å². The van der Waals surface area contributed by atoms with E-state index < -0.39 is 18.1 Å². The molecule has 2 fully saturated rings. The number of benzene rings is 2. The molecule has 1 saturated carbocycles. The zero-order valence-corrected chi connectivity index (χ0v) is 19.2. The maximum Gasteiger partial charge on any atom is 0.247 e. The van der Waals surface area contributed by atoms with Crippen molar-refractivity contribution in [2.75, 3.05) is 44.8 Å². The molecule has 0 radical (unpaired) electrons. The minimum Gasteiger partial charge on any atom is -0.495 e. The second-order valence-corrected chi connectivity index (χ2v) is 8.85. The van der Waals surface area contributed by atoms with E-state index in [1.807, 2.05) is 54.6 Å². The molecule has 1 atom stereocenters. The van der Waals surface area contributed by atoms with Crippen LogP contribution in [0.25, 0.3) is 0 Å². The number of aliphatic hydroxyl groups excluding tert-OH is 1. The molecule has 0 bridgehead atoms. The van der Waals surface area contributed by atoms with Crippen molar-refractivity contribution in [3.05, 3.63) is 60.2 Å². The maximum atomic E-state index is 13.4. The summed E-state index contributed by atoms with van der Waals surface area (Å²) in [6.07, 6.45) is 3.47. The molecule has 0 unspecified atom stereocenters. The summed E-state index contributed by atoms with van der Waals surface area (Å²) in [6.45, 7) is 1.95. The topological polar surface area (TPSA) is 82.1 Å². The number of rotatable bonds is 7. The van der Waals surface area contributed by atoms with Gasteiger partial charge in [0.15, 0.2) is 0 Å². The van der Waals surface area contributed by atoms with E-state index in [0.717, 1.165) is 42.7 Å². The van der Waals surface area contributed by atoms with E-state index in [0.29, 0.717) is 26.2 Å². The molecule has 7 heteroatoms. The van der Waals surface area contributed by atoms with Crippen molar-refractivity contribution in [2.45, 2.75) is 37.1 Å². The van der Waals surface area contributed by atoms with E-state index in [-0.39, 0.29) is 11.8 Å². The molecule has 2 aliphatic rings. The summed E-state index contributed by atoms with van der Waals surface area (Å²) >= 11 is 0. The zero-order chi connectivity index (χ0) is 23.3.